The second kappa shape index (κ2) is 9.63. The zero-order chi connectivity index (χ0) is 24.4. The molecule has 2 aromatic carbocycles. The van der Waals surface area contributed by atoms with Gasteiger partial charge in [0.15, 0.2) is 5.78 Å². The zero-order valence-electron chi connectivity index (χ0n) is 19.5. The summed E-state index contributed by atoms with van der Waals surface area (Å²) >= 11 is 0. The van der Waals surface area contributed by atoms with Gasteiger partial charge in [-0.05, 0) is 43.7 Å². The van der Waals surface area contributed by atoms with Crippen molar-refractivity contribution in [3.8, 4) is 0 Å². The lowest BCUT2D eigenvalue weighted by Crippen LogP contribution is -2.36. The number of hydrogen-bond donors (Lipinski definition) is 1. The lowest BCUT2D eigenvalue weighted by molar-refractivity contribution is -0.384. The topological polar surface area (TPSA) is 98.5 Å². The maximum absolute atomic E-state index is 13.5. The Kier molecular flexibility index (Phi) is 6.63. The highest BCUT2D eigenvalue weighted by atomic mass is 16.6. The summed E-state index contributed by atoms with van der Waals surface area (Å²) in [6, 6.07) is 16.0. The van der Waals surface area contributed by atoms with Crippen LogP contribution in [0.15, 0.2) is 77.1 Å². The van der Waals surface area contributed by atoms with Crippen molar-refractivity contribution < 1.29 is 19.2 Å². The number of non-ortho nitro benzene ring substituents is 1. The van der Waals surface area contributed by atoms with Crippen LogP contribution in [-0.4, -0.2) is 22.8 Å². The quantitative estimate of drug-likeness (QED) is 0.357. The average molecular weight is 461 g/mol. The highest BCUT2D eigenvalue weighted by Crippen LogP contribution is 2.46. The number of nitrogens with one attached hydrogen (secondary N) is 1. The number of Topliss-reactive ketones (excluding diaryl/α,β-unsaturated/α-hetero) is 1. The van der Waals surface area contributed by atoms with Crippen LogP contribution in [0.25, 0.3) is 0 Å². The maximum Gasteiger partial charge on any atom is 0.337 e. The van der Waals surface area contributed by atoms with Crippen LogP contribution in [0.2, 0.25) is 0 Å². The lowest BCUT2D eigenvalue weighted by atomic mass is 9.71. The fourth-order valence-corrected chi connectivity index (χ4v) is 4.72. The van der Waals surface area contributed by atoms with E-state index in [2.05, 4.69) is 5.32 Å². The molecule has 0 amide bonds. The van der Waals surface area contributed by atoms with Gasteiger partial charge < -0.3 is 10.1 Å². The third kappa shape index (κ3) is 4.51. The molecule has 1 N–H and O–H groups in total. The molecule has 7 nitrogen and oxygen atoms in total. The van der Waals surface area contributed by atoms with Crippen LogP contribution in [0.4, 0.5) is 5.69 Å². The predicted octanol–water partition coefficient (Wildman–Crippen LogP) is 5.30. The minimum atomic E-state index is -0.641. The standard InChI is InChI=1S/C27H28N2O5/c1-4-16(2)34-27(31)24-17(3)28-22-14-20(18-8-6-5-7-9-18)15-23(30)26(22)25(24)19-10-12-21(13-11-19)29(32)33/h5-13,16,20,25,28H,4,14-15H2,1-3H3/t16-,20-,25+/m0/s1. The molecule has 1 heterocycles. The Morgan fingerprint density at radius 2 is 1.79 bits per heavy atom. The zero-order valence-corrected chi connectivity index (χ0v) is 19.5. The Morgan fingerprint density at radius 3 is 2.41 bits per heavy atom. The number of carbonyl (C=O) groups is 2. The van der Waals surface area contributed by atoms with Crippen LogP contribution in [0.1, 0.15) is 63.0 Å². The van der Waals surface area contributed by atoms with Crippen molar-refractivity contribution in [2.45, 2.75) is 58.0 Å². The first-order chi connectivity index (χ1) is 16.3. The molecule has 0 unspecified atom stereocenters. The number of nitrogens with zero attached hydrogens (tertiary/aromatic N) is 1. The molecule has 1 aliphatic heterocycles. The fourth-order valence-electron chi connectivity index (χ4n) is 4.72. The second-order valence-electron chi connectivity index (χ2n) is 8.90. The summed E-state index contributed by atoms with van der Waals surface area (Å²) in [5, 5.41) is 14.5. The highest BCUT2D eigenvalue weighted by Gasteiger charge is 2.41. The fraction of sp³-hybridized carbons (Fsp3) is 0.333. The number of hydrogen-bond acceptors (Lipinski definition) is 6. The van der Waals surface area contributed by atoms with Gasteiger partial charge in [-0.15, -0.1) is 0 Å². The minimum absolute atomic E-state index is 0.0349. The average Bonchev–Trinajstić information content (AvgIpc) is 2.83. The van der Waals surface area contributed by atoms with E-state index in [1.807, 2.05) is 51.1 Å². The molecule has 3 atom stereocenters. The summed E-state index contributed by atoms with van der Waals surface area (Å²) in [7, 11) is 0. The summed E-state index contributed by atoms with van der Waals surface area (Å²) in [6.45, 7) is 5.57. The first kappa shape index (κ1) is 23.4. The monoisotopic (exact) mass is 460 g/mol. The third-order valence-corrected chi connectivity index (χ3v) is 6.64. The number of benzene rings is 2. The third-order valence-electron chi connectivity index (χ3n) is 6.64. The summed E-state index contributed by atoms with van der Waals surface area (Å²) in [4.78, 5) is 37.5. The molecule has 4 rings (SSSR count). The van der Waals surface area contributed by atoms with Crippen molar-refractivity contribution in [3.05, 3.63) is 98.4 Å². The van der Waals surface area contributed by atoms with Crippen molar-refractivity contribution in [3.63, 3.8) is 0 Å². The molecule has 0 radical (unpaired) electrons. The van der Waals surface area contributed by atoms with Crippen LogP contribution in [0.3, 0.4) is 0 Å². The molecule has 1 aliphatic carbocycles. The smallest absolute Gasteiger partial charge is 0.337 e. The van der Waals surface area contributed by atoms with Gasteiger partial charge in [0, 0.05) is 41.4 Å². The molecule has 2 aromatic rings. The van der Waals surface area contributed by atoms with E-state index in [4.69, 9.17) is 4.74 Å². The van der Waals surface area contributed by atoms with Gasteiger partial charge in [-0.1, -0.05) is 49.4 Å². The van der Waals surface area contributed by atoms with E-state index in [0.717, 1.165) is 11.3 Å². The van der Waals surface area contributed by atoms with E-state index in [9.17, 15) is 19.7 Å². The molecule has 2 aliphatic rings. The number of ketones is 1. The first-order valence-corrected chi connectivity index (χ1v) is 11.5. The molecule has 0 aromatic heterocycles. The van der Waals surface area contributed by atoms with Gasteiger partial charge in [0.05, 0.1) is 16.6 Å². The maximum atomic E-state index is 13.5. The first-order valence-electron chi connectivity index (χ1n) is 11.5. The Morgan fingerprint density at radius 1 is 1.12 bits per heavy atom. The van der Waals surface area contributed by atoms with Gasteiger partial charge in [-0.3, -0.25) is 14.9 Å². The molecule has 0 saturated carbocycles. The number of nitro groups is 1. The number of ether oxygens (including phenoxy) is 1. The van der Waals surface area contributed by atoms with Crippen molar-refractivity contribution in [2.24, 2.45) is 0 Å². The molecule has 0 spiro atoms. The Labute approximate surface area is 198 Å². The molecule has 176 valence electrons. The van der Waals surface area contributed by atoms with Crippen LogP contribution < -0.4 is 5.32 Å². The van der Waals surface area contributed by atoms with Crippen molar-refractivity contribution >= 4 is 17.4 Å². The van der Waals surface area contributed by atoms with Crippen LogP contribution in [-0.2, 0) is 14.3 Å². The van der Waals surface area contributed by atoms with E-state index >= 15 is 0 Å². The molecule has 0 saturated heterocycles. The lowest BCUT2D eigenvalue weighted by Gasteiger charge is -2.37. The van der Waals surface area contributed by atoms with E-state index < -0.39 is 16.8 Å². The summed E-state index contributed by atoms with van der Waals surface area (Å²) < 4.78 is 5.65. The summed E-state index contributed by atoms with van der Waals surface area (Å²) in [5.41, 5.74) is 4.06. The summed E-state index contributed by atoms with van der Waals surface area (Å²) in [6.07, 6.45) is 1.37. The van der Waals surface area contributed by atoms with Crippen LogP contribution in [0.5, 0.6) is 0 Å². The van der Waals surface area contributed by atoms with Crippen LogP contribution >= 0.6 is 0 Å². The van der Waals surface area contributed by atoms with Crippen molar-refractivity contribution in [1.82, 2.24) is 5.32 Å². The van der Waals surface area contributed by atoms with Gasteiger partial charge in [0.25, 0.3) is 5.69 Å². The van der Waals surface area contributed by atoms with Gasteiger partial charge >= 0.3 is 5.97 Å². The Hall–Kier alpha value is -3.74. The number of allylic oxidation sites excluding steroid dienone is 3. The van der Waals surface area contributed by atoms with Crippen molar-refractivity contribution in [1.29, 1.82) is 0 Å². The second-order valence-corrected chi connectivity index (χ2v) is 8.90. The molecular formula is C27H28N2O5. The Balaban J connectivity index is 1.79. The molecule has 7 heteroatoms. The Bertz CT molecular complexity index is 1180. The number of carbonyl (C=O) groups excluding carboxylic acids is 2. The molecule has 34 heavy (non-hydrogen) atoms. The van der Waals surface area contributed by atoms with E-state index in [0.29, 0.717) is 41.7 Å². The van der Waals surface area contributed by atoms with E-state index in [1.165, 1.54) is 12.1 Å². The van der Waals surface area contributed by atoms with Gasteiger partial charge in [0.2, 0.25) is 0 Å². The normalized spacial score (nSPS) is 21.0. The minimum Gasteiger partial charge on any atom is -0.459 e. The van der Waals surface area contributed by atoms with Gasteiger partial charge in [-0.25, -0.2) is 4.79 Å². The number of esters is 1. The summed E-state index contributed by atoms with van der Waals surface area (Å²) in [5.74, 6) is -1.11. The molecular weight excluding hydrogens is 432 g/mol. The number of nitro benzene ring substituents is 1. The molecule has 0 fully saturated rings. The van der Waals surface area contributed by atoms with Gasteiger partial charge in [0.1, 0.15) is 0 Å². The number of rotatable bonds is 6. The van der Waals surface area contributed by atoms with Gasteiger partial charge in [-0.2, -0.15) is 0 Å². The van der Waals surface area contributed by atoms with Crippen LogP contribution in [0, 0.1) is 10.1 Å². The highest BCUT2D eigenvalue weighted by molar-refractivity contribution is 6.04. The van der Waals surface area contributed by atoms with E-state index in [-0.39, 0.29) is 23.5 Å². The largest absolute Gasteiger partial charge is 0.459 e. The number of dihydropyridines is 1. The van der Waals surface area contributed by atoms with Crippen molar-refractivity contribution in [2.75, 3.05) is 0 Å². The SMILES string of the molecule is CC[C@H](C)OC(=O)C1=C(C)NC2=C(C(=O)C[C@@H](c3ccccc3)C2)[C@@H]1c1ccc([N+](=O)[O-])cc1. The molecule has 0 bridgehead atoms. The predicted molar refractivity (Wildman–Crippen MR) is 128 cm³/mol. The van der Waals surface area contributed by atoms with E-state index in [1.54, 1.807) is 12.1 Å².